The SMILES string of the molecule is COC(=O)[C@@H](C)Oc1ccc(Oc2nc3ccc(Br)cc3o2)cc1. The molecule has 1 heterocycles. The smallest absolute Gasteiger partial charge is 0.400 e. The lowest BCUT2D eigenvalue weighted by Crippen LogP contribution is -2.24. The maximum atomic E-state index is 11.3. The number of esters is 1. The third kappa shape index (κ3) is 3.68. The van der Waals surface area contributed by atoms with Crippen molar-refractivity contribution < 1.29 is 23.4 Å². The molecule has 0 radical (unpaired) electrons. The van der Waals surface area contributed by atoms with Crippen LogP contribution < -0.4 is 9.47 Å². The van der Waals surface area contributed by atoms with E-state index < -0.39 is 12.1 Å². The Morgan fingerprint density at radius 2 is 1.88 bits per heavy atom. The second-order valence-corrected chi connectivity index (χ2v) is 5.86. The van der Waals surface area contributed by atoms with E-state index in [1.54, 1.807) is 31.2 Å². The fraction of sp³-hybridized carbons (Fsp3) is 0.176. The Balaban J connectivity index is 1.70. The predicted molar refractivity (Wildman–Crippen MR) is 90.3 cm³/mol. The Labute approximate surface area is 146 Å². The summed E-state index contributed by atoms with van der Waals surface area (Å²) < 4.78 is 22.1. The molecule has 0 fully saturated rings. The van der Waals surface area contributed by atoms with E-state index in [0.29, 0.717) is 22.6 Å². The van der Waals surface area contributed by atoms with Gasteiger partial charge in [0.1, 0.15) is 17.0 Å². The van der Waals surface area contributed by atoms with Crippen molar-refractivity contribution in [2.75, 3.05) is 7.11 Å². The van der Waals surface area contributed by atoms with Gasteiger partial charge in [-0.3, -0.25) is 0 Å². The van der Waals surface area contributed by atoms with Gasteiger partial charge in [-0.2, -0.15) is 4.98 Å². The van der Waals surface area contributed by atoms with Gasteiger partial charge in [0.25, 0.3) is 0 Å². The van der Waals surface area contributed by atoms with Gasteiger partial charge in [0.05, 0.1) is 7.11 Å². The zero-order valence-corrected chi connectivity index (χ0v) is 14.6. The molecule has 0 saturated heterocycles. The summed E-state index contributed by atoms with van der Waals surface area (Å²) in [7, 11) is 1.32. The van der Waals surface area contributed by atoms with Crippen LogP contribution in [0.2, 0.25) is 0 Å². The molecule has 0 spiro atoms. The van der Waals surface area contributed by atoms with Crippen LogP contribution in [0.4, 0.5) is 0 Å². The van der Waals surface area contributed by atoms with E-state index in [1.165, 1.54) is 7.11 Å². The van der Waals surface area contributed by atoms with Crippen molar-refractivity contribution in [1.29, 1.82) is 0 Å². The molecule has 0 unspecified atom stereocenters. The summed E-state index contributed by atoms with van der Waals surface area (Å²) >= 11 is 3.38. The molecule has 1 atom stereocenters. The lowest BCUT2D eigenvalue weighted by atomic mass is 10.3. The number of methoxy groups -OCH3 is 1. The van der Waals surface area contributed by atoms with Gasteiger partial charge in [-0.05, 0) is 49.4 Å². The number of rotatable bonds is 5. The van der Waals surface area contributed by atoms with Crippen LogP contribution in [0.5, 0.6) is 17.6 Å². The molecule has 0 amide bonds. The van der Waals surface area contributed by atoms with Gasteiger partial charge in [0.15, 0.2) is 11.7 Å². The first-order valence-electron chi connectivity index (χ1n) is 7.13. The fourth-order valence-electron chi connectivity index (χ4n) is 2.03. The third-order valence-corrected chi connectivity index (χ3v) is 3.70. The highest BCUT2D eigenvalue weighted by molar-refractivity contribution is 9.10. The lowest BCUT2D eigenvalue weighted by Gasteiger charge is -2.12. The van der Waals surface area contributed by atoms with E-state index in [-0.39, 0.29) is 6.08 Å². The van der Waals surface area contributed by atoms with Crippen molar-refractivity contribution >= 4 is 33.0 Å². The number of carbonyl (C=O) groups excluding carboxylic acids is 1. The van der Waals surface area contributed by atoms with E-state index in [4.69, 9.17) is 13.9 Å². The number of fused-ring (bicyclic) bond motifs is 1. The molecule has 6 nitrogen and oxygen atoms in total. The summed E-state index contributed by atoms with van der Waals surface area (Å²) in [5.74, 6) is 0.633. The molecule has 2 aromatic carbocycles. The number of ether oxygens (including phenoxy) is 3. The zero-order chi connectivity index (χ0) is 17.1. The Hall–Kier alpha value is -2.54. The average molecular weight is 392 g/mol. The lowest BCUT2D eigenvalue weighted by molar-refractivity contribution is -0.147. The summed E-state index contributed by atoms with van der Waals surface area (Å²) in [5.41, 5.74) is 1.34. The molecule has 0 aliphatic carbocycles. The highest BCUT2D eigenvalue weighted by atomic mass is 79.9. The van der Waals surface area contributed by atoms with Crippen molar-refractivity contribution in [3.63, 3.8) is 0 Å². The van der Waals surface area contributed by atoms with Crippen LogP contribution >= 0.6 is 15.9 Å². The first-order chi connectivity index (χ1) is 11.5. The van der Waals surface area contributed by atoms with Crippen molar-refractivity contribution in [3.8, 4) is 17.6 Å². The molecule has 3 aromatic rings. The van der Waals surface area contributed by atoms with Crippen molar-refractivity contribution in [3.05, 3.63) is 46.9 Å². The molecule has 3 rings (SSSR count). The van der Waals surface area contributed by atoms with Gasteiger partial charge in [-0.15, -0.1) is 0 Å². The van der Waals surface area contributed by atoms with Crippen molar-refractivity contribution in [1.82, 2.24) is 4.98 Å². The number of nitrogens with zero attached hydrogens (tertiary/aromatic N) is 1. The van der Waals surface area contributed by atoms with E-state index in [2.05, 4.69) is 25.7 Å². The average Bonchev–Trinajstić information content (AvgIpc) is 2.97. The minimum atomic E-state index is -0.683. The fourth-order valence-corrected chi connectivity index (χ4v) is 2.37. The summed E-state index contributed by atoms with van der Waals surface area (Å²) in [6, 6.07) is 12.3. The molecular weight excluding hydrogens is 378 g/mol. The van der Waals surface area contributed by atoms with Gasteiger partial charge in [-0.1, -0.05) is 15.9 Å². The highest BCUT2D eigenvalue weighted by Gasteiger charge is 2.15. The maximum Gasteiger partial charge on any atom is 0.400 e. The third-order valence-electron chi connectivity index (χ3n) is 3.21. The number of carbonyl (C=O) groups is 1. The second-order valence-electron chi connectivity index (χ2n) is 4.95. The molecule has 124 valence electrons. The van der Waals surface area contributed by atoms with Crippen LogP contribution in [-0.2, 0) is 9.53 Å². The molecule has 0 N–H and O–H groups in total. The molecule has 0 aliphatic rings. The van der Waals surface area contributed by atoms with Crippen LogP contribution in [0.3, 0.4) is 0 Å². The highest BCUT2D eigenvalue weighted by Crippen LogP contribution is 2.28. The molecule has 1 aromatic heterocycles. The molecule has 0 aliphatic heterocycles. The van der Waals surface area contributed by atoms with Gasteiger partial charge < -0.3 is 18.6 Å². The Morgan fingerprint density at radius 3 is 2.58 bits per heavy atom. The van der Waals surface area contributed by atoms with Gasteiger partial charge in [0, 0.05) is 4.47 Å². The topological polar surface area (TPSA) is 70.8 Å². The molecule has 0 bridgehead atoms. The predicted octanol–water partition coefficient (Wildman–Crippen LogP) is 4.32. The molecule has 0 saturated carbocycles. The maximum absolute atomic E-state index is 11.3. The minimum absolute atomic E-state index is 0.152. The number of hydrogen-bond acceptors (Lipinski definition) is 6. The summed E-state index contributed by atoms with van der Waals surface area (Å²) in [6.45, 7) is 1.62. The van der Waals surface area contributed by atoms with Crippen LogP contribution in [0, 0.1) is 0 Å². The Kier molecular flexibility index (Phi) is 4.71. The molecule has 7 heteroatoms. The van der Waals surface area contributed by atoms with Gasteiger partial charge >= 0.3 is 12.0 Å². The van der Waals surface area contributed by atoms with E-state index in [0.717, 1.165) is 4.47 Å². The van der Waals surface area contributed by atoms with E-state index in [1.807, 2.05) is 18.2 Å². The monoisotopic (exact) mass is 391 g/mol. The molecular formula is C17H14BrNO5. The van der Waals surface area contributed by atoms with Gasteiger partial charge in [-0.25, -0.2) is 4.79 Å². The number of oxazole rings is 1. The number of benzene rings is 2. The van der Waals surface area contributed by atoms with E-state index in [9.17, 15) is 4.79 Å². The second kappa shape index (κ2) is 6.92. The van der Waals surface area contributed by atoms with Crippen molar-refractivity contribution in [2.45, 2.75) is 13.0 Å². The van der Waals surface area contributed by atoms with Crippen molar-refractivity contribution in [2.24, 2.45) is 0 Å². The normalized spacial score (nSPS) is 12.0. The molecule has 24 heavy (non-hydrogen) atoms. The largest absolute Gasteiger partial charge is 0.479 e. The van der Waals surface area contributed by atoms with Crippen LogP contribution in [0.1, 0.15) is 6.92 Å². The number of hydrogen-bond donors (Lipinski definition) is 0. The first kappa shape index (κ1) is 16.3. The summed E-state index contributed by atoms with van der Waals surface area (Å²) in [6.07, 6.45) is -0.531. The minimum Gasteiger partial charge on any atom is -0.479 e. The quantitative estimate of drug-likeness (QED) is 0.603. The Bertz CT molecular complexity index is 859. The summed E-state index contributed by atoms with van der Waals surface area (Å²) in [5, 5.41) is 0. The van der Waals surface area contributed by atoms with Crippen LogP contribution in [0.15, 0.2) is 51.4 Å². The number of halogens is 1. The van der Waals surface area contributed by atoms with Crippen LogP contribution in [0.25, 0.3) is 11.1 Å². The standard InChI is InChI=1S/C17H14BrNO5/c1-10(16(20)21-2)22-12-4-6-13(7-5-12)23-17-19-14-8-3-11(18)9-15(14)24-17/h3-10H,1-2H3/t10-/m1/s1. The summed E-state index contributed by atoms with van der Waals surface area (Å²) in [4.78, 5) is 15.6. The van der Waals surface area contributed by atoms with E-state index >= 15 is 0 Å². The number of aromatic nitrogens is 1. The van der Waals surface area contributed by atoms with Crippen LogP contribution in [-0.4, -0.2) is 24.2 Å². The first-order valence-corrected chi connectivity index (χ1v) is 7.93. The Morgan fingerprint density at radius 1 is 1.17 bits per heavy atom. The zero-order valence-electron chi connectivity index (χ0n) is 13.0. The van der Waals surface area contributed by atoms with Gasteiger partial charge in [0.2, 0.25) is 0 Å².